The summed E-state index contributed by atoms with van der Waals surface area (Å²) >= 11 is 0. The molecule has 0 saturated carbocycles. The van der Waals surface area contributed by atoms with E-state index in [9.17, 15) is 18.0 Å². The van der Waals surface area contributed by atoms with Crippen molar-refractivity contribution in [2.24, 2.45) is 0 Å². The summed E-state index contributed by atoms with van der Waals surface area (Å²) in [4.78, 5) is 19.0. The van der Waals surface area contributed by atoms with Crippen LogP contribution in [0, 0.1) is 0 Å². The number of ether oxygens (including phenoxy) is 2. The van der Waals surface area contributed by atoms with E-state index < -0.39 is 12.5 Å². The highest BCUT2D eigenvalue weighted by atomic mass is 19.4. The van der Waals surface area contributed by atoms with Crippen LogP contribution in [-0.4, -0.2) is 29.3 Å². The minimum Gasteiger partial charge on any atom is -0.497 e. The van der Waals surface area contributed by atoms with Crippen molar-refractivity contribution in [3.63, 3.8) is 0 Å². The Morgan fingerprint density at radius 2 is 1.71 bits per heavy atom. The highest BCUT2D eigenvalue weighted by molar-refractivity contribution is 5.98. The number of benzene rings is 2. The van der Waals surface area contributed by atoms with Crippen molar-refractivity contribution in [1.82, 2.24) is 9.88 Å². The van der Waals surface area contributed by atoms with Crippen LogP contribution in [0.1, 0.15) is 27.8 Å². The molecule has 0 bridgehead atoms. The van der Waals surface area contributed by atoms with Gasteiger partial charge < -0.3 is 19.7 Å². The number of fused-ring (bicyclic) bond motifs is 1. The van der Waals surface area contributed by atoms with Crippen LogP contribution in [0.25, 0.3) is 0 Å². The minimum absolute atomic E-state index is 0.187. The Bertz CT molecular complexity index is 1070. The molecule has 3 aromatic rings. The number of hydrogen-bond acceptors (Lipinski definition) is 5. The van der Waals surface area contributed by atoms with Gasteiger partial charge in [-0.05, 0) is 54.1 Å². The van der Waals surface area contributed by atoms with Crippen LogP contribution in [0.5, 0.6) is 11.5 Å². The molecule has 0 saturated heterocycles. The number of halogens is 3. The largest absolute Gasteiger partial charge is 0.573 e. The van der Waals surface area contributed by atoms with Crippen LogP contribution < -0.4 is 14.8 Å². The lowest BCUT2D eigenvalue weighted by molar-refractivity contribution is -0.274. The second-order valence-corrected chi connectivity index (χ2v) is 6.84. The van der Waals surface area contributed by atoms with E-state index in [2.05, 4.69) is 15.0 Å². The number of nitrogens with one attached hydrogen (secondary N) is 1. The summed E-state index contributed by atoms with van der Waals surface area (Å²) in [5, 5.41) is 3.19. The predicted octanol–water partition coefficient (Wildman–Crippen LogP) is 4.76. The molecule has 0 aliphatic carbocycles. The average Bonchev–Trinajstić information content (AvgIpc) is 3.01. The maximum Gasteiger partial charge on any atom is 0.573 e. The van der Waals surface area contributed by atoms with Crippen LogP contribution in [0.15, 0.2) is 66.9 Å². The van der Waals surface area contributed by atoms with Crippen molar-refractivity contribution in [2.75, 3.05) is 12.4 Å². The first kappa shape index (κ1) is 20.5. The van der Waals surface area contributed by atoms with Gasteiger partial charge >= 0.3 is 6.36 Å². The molecule has 9 heteroatoms. The lowest BCUT2D eigenvalue weighted by atomic mass is 10.2. The van der Waals surface area contributed by atoms with Gasteiger partial charge in [-0.25, -0.2) is 0 Å². The molecule has 1 aromatic heterocycles. The number of amides is 1. The Balaban J connectivity index is 1.58. The van der Waals surface area contributed by atoms with E-state index in [1.54, 1.807) is 30.3 Å². The average molecular weight is 429 g/mol. The minimum atomic E-state index is -4.76. The van der Waals surface area contributed by atoms with E-state index in [1.807, 2.05) is 24.3 Å². The van der Waals surface area contributed by atoms with E-state index in [1.165, 1.54) is 24.3 Å². The van der Waals surface area contributed by atoms with Crippen molar-refractivity contribution in [1.29, 1.82) is 0 Å². The zero-order valence-corrected chi connectivity index (χ0v) is 16.4. The third kappa shape index (κ3) is 4.55. The lowest BCUT2D eigenvalue weighted by Gasteiger charge is -2.26. The van der Waals surface area contributed by atoms with Crippen molar-refractivity contribution in [3.8, 4) is 11.5 Å². The lowest BCUT2D eigenvalue weighted by Crippen LogP contribution is -2.32. The van der Waals surface area contributed by atoms with Gasteiger partial charge in [-0.2, -0.15) is 0 Å². The number of anilines is 1. The molecule has 1 amide bonds. The molecule has 31 heavy (non-hydrogen) atoms. The smallest absolute Gasteiger partial charge is 0.497 e. The van der Waals surface area contributed by atoms with Crippen molar-refractivity contribution in [2.45, 2.75) is 19.1 Å². The van der Waals surface area contributed by atoms with Crippen molar-refractivity contribution >= 4 is 11.6 Å². The predicted molar refractivity (Wildman–Crippen MR) is 107 cm³/mol. The SMILES string of the molecule is COc1ccc(CN2C(=O)c3cccnc3[C@H]2Nc2ccc(OC(F)(F)F)cc2)cc1. The third-order valence-corrected chi connectivity index (χ3v) is 4.80. The molecule has 0 unspecified atom stereocenters. The fourth-order valence-electron chi connectivity index (χ4n) is 3.38. The Morgan fingerprint density at radius 1 is 1.03 bits per heavy atom. The zero-order valence-electron chi connectivity index (χ0n) is 16.4. The Hall–Kier alpha value is -3.75. The zero-order chi connectivity index (χ0) is 22.0. The molecule has 160 valence electrons. The first-order chi connectivity index (χ1) is 14.8. The van der Waals surface area contributed by atoms with E-state index >= 15 is 0 Å². The number of methoxy groups -OCH3 is 1. The first-order valence-corrected chi connectivity index (χ1v) is 9.35. The number of nitrogens with zero attached hydrogens (tertiary/aromatic N) is 2. The summed E-state index contributed by atoms with van der Waals surface area (Å²) < 4.78 is 46.2. The monoisotopic (exact) mass is 429 g/mol. The number of aromatic nitrogens is 1. The molecule has 1 N–H and O–H groups in total. The Kier molecular flexibility index (Phi) is 5.41. The number of pyridine rings is 1. The summed E-state index contributed by atoms with van der Waals surface area (Å²) in [6.07, 6.45) is -3.75. The molecular weight excluding hydrogens is 411 g/mol. The molecule has 0 radical (unpaired) electrons. The molecule has 0 spiro atoms. The molecule has 1 aliphatic rings. The van der Waals surface area contributed by atoms with Crippen LogP contribution in [0.4, 0.5) is 18.9 Å². The second-order valence-electron chi connectivity index (χ2n) is 6.84. The van der Waals surface area contributed by atoms with Gasteiger partial charge in [0, 0.05) is 18.4 Å². The quantitative estimate of drug-likeness (QED) is 0.613. The number of alkyl halides is 3. The standard InChI is InChI=1S/C22H18F3N3O3/c1-30-16-8-4-14(5-9-16)13-28-20(19-18(21(28)29)3-2-12-26-19)27-15-6-10-17(11-7-15)31-22(23,24)25/h2-12,20,27H,13H2,1H3/t20-/m0/s1. The Labute approximate surface area is 176 Å². The van der Waals surface area contributed by atoms with Gasteiger partial charge in [0.25, 0.3) is 5.91 Å². The molecule has 0 fully saturated rings. The number of carbonyl (C=O) groups is 1. The van der Waals surface area contributed by atoms with Crippen molar-refractivity contribution < 1.29 is 27.4 Å². The molecular formula is C22H18F3N3O3. The molecule has 1 atom stereocenters. The second kappa shape index (κ2) is 8.17. The first-order valence-electron chi connectivity index (χ1n) is 9.35. The summed E-state index contributed by atoms with van der Waals surface area (Å²) in [7, 11) is 1.58. The number of rotatable bonds is 6. The van der Waals surface area contributed by atoms with Crippen LogP contribution in [0.2, 0.25) is 0 Å². The number of hydrogen-bond donors (Lipinski definition) is 1. The van der Waals surface area contributed by atoms with Gasteiger partial charge in [-0.1, -0.05) is 12.1 Å². The molecule has 6 nitrogen and oxygen atoms in total. The van der Waals surface area contributed by atoms with E-state index in [0.717, 1.165) is 5.56 Å². The van der Waals surface area contributed by atoms with Gasteiger partial charge in [0.05, 0.1) is 18.4 Å². The maximum absolute atomic E-state index is 13.0. The van der Waals surface area contributed by atoms with Crippen molar-refractivity contribution in [3.05, 3.63) is 83.7 Å². The van der Waals surface area contributed by atoms with Gasteiger partial charge in [0.15, 0.2) is 0 Å². The number of carbonyl (C=O) groups excluding carboxylic acids is 1. The topological polar surface area (TPSA) is 63.7 Å². The fourth-order valence-corrected chi connectivity index (χ4v) is 3.38. The van der Waals surface area contributed by atoms with E-state index in [-0.39, 0.29) is 11.7 Å². The third-order valence-electron chi connectivity index (χ3n) is 4.80. The van der Waals surface area contributed by atoms with Gasteiger partial charge in [-0.15, -0.1) is 13.2 Å². The summed E-state index contributed by atoms with van der Waals surface area (Å²) in [5.41, 5.74) is 2.44. The van der Waals surface area contributed by atoms with Crippen LogP contribution in [-0.2, 0) is 6.54 Å². The molecule has 4 rings (SSSR count). The normalized spacial score (nSPS) is 15.5. The summed E-state index contributed by atoms with van der Waals surface area (Å²) in [5.74, 6) is 0.194. The van der Waals surface area contributed by atoms with E-state index in [4.69, 9.17) is 4.74 Å². The highest BCUT2D eigenvalue weighted by Crippen LogP contribution is 2.35. The van der Waals surface area contributed by atoms with Crippen LogP contribution in [0.3, 0.4) is 0 Å². The summed E-state index contributed by atoms with van der Waals surface area (Å²) in [6.45, 7) is 0.312. The van der Waals surface area contributed by atoms with Gasteiger partial charge in [0.2, 0.25) is 0 Å². The molecule has 1 aliphatic heterocycles. The molecule has 2 aromatic carbocycles. The van der Waals surface area contributed by atoms with Gasteiger partial charge in [-0.3, -0.25) is 9.78 Å². The maximum atomic E-state index is 13.0. The highest BCUT2D eigenvalue weighted by Gasteiger charge is 2.38. The molecule has 2 heterocycles. The fraction of sp³-hybridized carbons (Fsp3) is 0.182. The van der Waals surface area contributed by atoms with E-state index in [0.29, 0.717) is 29.2 Å². The van der Waals surface area contributed by atoms with Gasteiger partial charge in [0.1, 0.15) is 17.7 Å². The van der Waals surface area contributed by atoms with Crippen LogP contribution >= 0.6 is 0 Å². The Morgan fingerprint density at radius 3 is 2.35 bits per heavy atom. The summed E-state index contributed by atoms with van der Waals surface area (Å²) in [6, 6.07) is 16.1.